The van der Waals surface area contributed by atoms with Crippen LogP contribution in [0, 0.1) is 5.92 Å². The van der Waals surface area contributed by atoms with Crippen molar-refractivity contribution in [1.82, 2.24) is 19.4 Å². The quantitative estimate of drug-likeness (QED) is 0.905. The van der Waals surface area contributed by atoms with Crippen molar-refractivity contribution in [2.45, 2.75) is 26.8 Å². The van der Waals surface area contributed by atoms with Gasteiger partial charge in [0.25, 0.3) is 0 Å². The first-order chi connectivity index (χ1) is 11.9. The predicted octanol–water partition coefficient (Wildman–Crippen LogP) is 2.31. The fourth-order valence-corrected chi connectivity index (χ4v) is 3.26. The molecule has 1 amide bonds. The average molecular weight is 343 g/mol. The minimum Gasteiger partial charge on any atom is -0.330 e. The molecular formula is C19H29N5O. The number of imidazole rings is 1. The summed E-state index contributed by atoms with van der Waals surface area (Å²) < 4.78 is 2.16. The molecule has 0 aliphatic carbocycles. The van der Waals surface area contributed by atoms with Crippen molar-refractivity contribution in [3.8, 4) is 0 Å². The van der Waals surface area contributed by atoms with E-state index >= 15 is 0 Å². The van der Waals surface area contributed by atoms with Gasteiger partial charge < -0.3 is 14.8 Å². The Bertz CT molecular complexity index is 744. The van der Waals surface area contributed by atoms with Gasteiger partial charge in [-0.25, -0.2) is 4.98 Å². The van der Waals surface area contributed by atoms with Gasteiger partial charge in [-0.05, 0) is 31.2 Å². The van der Waals surface area contributed by atoms with Gasteiger partial charge in [0.15, 0.2) is 0 Å². The highest BCUT2D eigenvalue weighted by Gasteiger charge is 2.17. The van der Waals surface area contributed by atoms with Crippen LogP contribution in [0.15, 0.2) is 18.2 Å². The first-order valence-electron chi connectivity index (χ1n) is 9.08. The molecule has 1 fully saturated rings. The van der Waals surface area contributed by atoms with Crippen LogP contribution in [-0.2, 0) is 18.4 Å². The third-order valence-electron chi connectivity index (χ3n) is 4.81. The molecular weight excluding hydrogens is 314 g/mol. The Labute approximate surface area is 149 Å². The monoisotopic (exact) mass is 343 g/mol. The summed E-state index contributed by atoms with van der Waals surface area (Å²) in [4.78, 5) is 21.6. The maximum absolute atomic E-state index is 12.0. The van der Waals surface area contributed by atoms with Crippen molar-refractivity contribution in [1.29, 1.82) is 0 Å². The smallest absolute Gasteiger partial charge is 0.224 e. The largest absolute Gasteiger partial charge is 0.330 e. The summed E-state index contributed by atoms with van der Waals surface area (Å²) in [6.45, 7) is 9.34. The van der Waals surface area contributed by atoms with E-state index in [-0.39, 0.29) is 5.91 Å². The number of aryl methyl sites for hydroxylation is 1. The van der Waals surface area contributed by atoms with Gasteiger partial charge in [-0.1, -0.05) is 13.8 Å². The van der Waals surface area contributed by atoms with Crippen molar-refractivity contribution < 1.29 is 4.79 Å². The van der Waals surface area contributed by atoms with Crippen molar-refractivity contribution in [2.24, 2.45) is 13.0 Å². The lowest BCUT2D eigenvalue weighted by Crippen LogP contribution is -2.44. The number of amides is 1. The molecule has 2 heterocycles. The van der Waals surface area contributed by atoms with E-state index < -0.39 is 0 Å². The number of carbonyl (C=O) groups excluding carboxylic acids is 1. The van der Waals surface area contributed by atoms with E-state index in [1.165, 1.54) is 0 Å². The number of carbonyl (C=O) groups is 1. The van der Waals surface area contributed by atoms with E-state index in [1.54, 1.807) is 0 Å². The van der Waals surface area contributed by atoms with Crippen LogP contribution in [0.5, 0.6) is 0 Å². The predicted molar refractivity (Wildman–Crippen MR) is 102 cm³/mol. The lowest BCUT2D eigenvalue weighted by atomic mass is 10.1. The minimum absolute atomic E-state index is 0.0583. The van der Waals surface area contributed by atoms with E-state index in [1.807, 2.05) is 32.0 Å². The topological polar surface area (TPSA) is 53.4 Å². The molecule has 0 bridgehead atoms. The van der Waals surface area contributed by atoms with Gasteiger partial charge in [0, 0.05) is 45.3 Å². The molecule has 2 aromatic rings. The van der Waals surface area contributed by atoms with Crippen molar-refractivity contribution in [2.75, 3.05) is 38.5 Å². The van der Waals surface area contributed by atoms with Crippen LogP contribution in [0.25, 0.3) is 11.0 Å². The number of hydrogen-bond donors (Lipinski definition) is 1. The molecule has 136 valence electrons. The Kier molecular flexibility index (Phi) is 5.39. The fourth-order valence-electron chi connectivity index (χ4n) is 3.26. The van der Waals surface area contributed by atoms with Crippen LogP contribution in [0.2, 0.25) is 0 Å². The second kappa shape index (κ2) is 7.54. The molecule has 6 nitrogen and oxygen atoms in total. The molecule has 0 radical (unpaired) electrons. The summed E-state index contributed by atoms with van der Waals surface area (Å²) in [6, 6.07) is 5.98. The molecule has 0 atom stereocenters. The summed E-state index contributed by atoms with van der Waals surface area (Å²) in [6.07, 6.45) is 0.537. The normalized spacial score (nSPS) is 16.7. The zero-order valence-electron chi connectivity index (χ0n) is 15.7. The van der Waals surface area contributed by atoms with Crippen molar-refractivity contribution >= 4 is 22.6 Å². The van der Waals surface area contributed by atoms with Crippen molar-refractivity contribution in [3.63, 3.8) is 0 Å². The van der Waals surface area contributed by atoms with E-state index in [2.05, 4.69) is 33.8 Å². The van der Waals surface area contributed by atoms with Gasteiger partial charge >= 0.3 is 0 Å². The first-order valence-corrected chi connectivity index (χ1v) is 9.08. The first kappa shape index (κ1) is 17.9. The van der Waals surface area contributed by atoms with E-state index in [4.69, 9.17) is 4.98 Å². The van der Waals surface area contributed by atoms with Crippen molar-refractivity contribution in [3.05, 3.63) is 24.0 Å². The summed E-state index contributed by atoms with van der Waals surface area (Å²) in [7, 11) is 4.24. The Morgan fingerprint density at radius 2 is 1.92 bits per heavy atom. The number of piperazine rings is 1. The summed E-state index contributed by atoms with van der Waals surface area (Å²) in [5.74, 6) is 1.49. The number of anilines is 1. The Morgan fingerprint density at radius 1 is 1.20 bits per heavy atom. The lowest BCUT2D eigenvalue weighted by Gasteiger charge is -2.31. The molecule has 1 saturated heterocycles. The number of aromatic nitrogens is 2. The molecule has 1 aromatic carbocycles. The van der Waals surface area contributed by atoms with Crippen LogP contribution < -0.4 is 5.32 Å². The van der Waals surface area contributed by atoms with Gasteiger partial charge in [0.1, 0.15) is 5.82 Å². The SMILES string of the molecule is CC(C)CC(=O)Nc1ccc2c(c1)nc(CN1CCN(C)CC1)n2C. The van der Waals surface area contributed by atoms with E-state index in [9.17, 15) is 4.79 Å². The molecule has 3 rings (SSSR count). The van der Waals surface area contributed by atoms with Crippen LogP contribution >= 0.6 is 0 Å². The third kappa shape index (κ3) is 4.38. The molecule has 0 unspecified atom stereocenters. The maximum atomic E-state index is 12.0. The standard InChI is InChI=1S/C19H29N5O/c1-14(2)11-19(25)20-15-5-6-17-16(12-15)21-18(23(17)4)13-24-9-7-22(3)8-10-24/h5-6,12,14H,7-11,13H2,1-4H3,(H,20,25). The highest BCUT2D eigenvalue weighted by Crippen LogP contribution is 2.21. The maximum Gasteiger partial charge on any atom is 0.224 e. The Morgan fingerprint density at radius 3 is 2.60 bits per heavy atom. The summed E-state index contributed by atoms with van der Waals surface area (Å²) in [5, 5.41) is 2.98. The highest BCUT2D eigenvalue weighted by atomic mass is 16.1. The molecule has 6 heteroatoms. The van der Waals surface area contributed by atoms with Gasteiger partial charge in [0.05, 0.1) is 17.6 Å². The van der Waals surface area contributed by atoms with E-state index in [0.29, 0.717) is 12.3 Å². The molecule has 1 aliphatic rings. The number of nitrogens with one attached hydrogen (secondary N) is 1. The zero-order chi connectivity index (χ0) is 18.0. The molecule has 0 saturated carbocycles. The second-order valence-corrected chi connectivity index (χ2v) is 7.52. The van der Waals surface area contributed by atoms with E-state index in [0.717, 1.165) is 55.3 Å². The third-order valence-corrected chi connectivity index (χ3v) is 4.81. The number of fused-ring (bicyclic) bond motifs is 1. The van der Waals surface area contributed by atoms with Gasteiger partial charge in [-0.3, -0.25) is 9.69 Å². The lowest BCUT2D eigenvalue weighted by molar-refractivity contribution is -0.116. The number of hydrogen-bond acceptors (Lipinski definition) is 4. The summed E-state index contributed by atoms with van der Waals surface area (Å²) in [5.41, 5.74) is 2.86. The number of rotatable bonds is 5. The molecule has 25 heavy (non-hydrogen) atoms. The summed E-state index contributed by atoms with van der Waals surface area (Å²) >= 11 is 0. The van der Waals surface area contributed by atoms with Gasteiger partial charge in [-0.2, -0.15) is 0 Å². The second-order valence-electron chi connectivity index (χ2n) is 7.52. The molecule has 1 aliphatic heterocycles. The van der Waals surface area contributed by atoms with Crippen LogP contribution in [0.3, 0.4) is 0 Å². The van der Waals surface area contributed by atoms with Gasteiger partial charge in [0.2, 0.25) is 5.91 Å². The zero-order valence-corrected chi connectivity index (χ0v) is 15.7. The van der Waals surface area contributed by atoms with Crippen LogP contribution in [-0.4, -0.2) is 58.5 Å². The Balaban J connectivity index is 1.73. The Hall–Kier alpha value is -1.92. The number of nitrogens with zero attached hydrogens (tertiary/aromatic N) is 4. The minimum atomic E-state index is 0.0583. The van der Waals surface area contributed by atoms with Crippen LogP contribution in [0.1, 0.15) is 26.1 Å². The molecule has 0 spiro atoms. The number of likely N-dealkylation sites (N-methyl/N-ethyl adjacent to an activating group) is 1. The molecule has 1 aromatic heterocycles. The number of benzene rings is 1. The fraction of sp³-hybridized carbons (Fsp3) is 0.579. The average Bonchev–Trinajstić information content (AvgIpc) is 2.84. The van der Waals surface area contributed by atoms with Gasteiger partial charge in [-0.15, -0.1) is 0 Å². The molecule has 1 N–H and O–H groups in total. The highest BCUT2D eigenvalue weighted by molar-refractivity contribution is 5.93. The van der Waals surface area contributed by atoms with Crippen LogP contribution in [0.4, 0.5) is 5.69 Å².